The van der Waals surface area contributed by atoms with Gasteiger partial charge >= 0.3 is 0 Å². The third kappa shape index (κ3) is 4.72. The highest BCUT2D eigenvalue weighted by Crippen LogP contribution is 2.20. The summed E-state index contributed by atoms with van der Waals surface area (Å²) >= 11 is 0. The Bertz CT molecular complexity index is 478. The molecule has 0 bridgehead atoms. The van der Waals surface area contributed by atoms with Gasteiger partial charge in [-0.1, -0.05) is 18.2 Å². The molecule has 0 atom stereocenters. The number of likely N-dealkylation sites (tertiary alicyclic amines) is 1. The lowest BCUT2D eigenvalue weighted by atomic mass is 9.94. The maximum atomic E-state index is 12.0. The summed E-state index contributed by atoms with van der Waals surface area (Å²) in [4.78, 5) is 14.1. The molecule has 0 aromatic heterocycles. The minimum atomic E-state index is -0.579. The number of ether oxygens (including phenoxy) is 1. The summed E-state index contributed by atoms with van der Waals surface area (Å²) in [5.74, 6) is 0.786. The van der Waals surface area contributed by atoms with E-state index in [1.165, 1.54) is 0 Å². The molecule has 1 amide bonds. The van der Waals surface area contributed by atoms with E-state index < -0.39 is 5.60 Å². The fourth-order valence-electron chi connectivity index (χ4n) is 2.49. The molecule has 116 valence electrons. The third-order valence-corrected chi connectivity index (χ3v) is 3.97. The van der Waals surface area contributed by atoms with Gasteiger partial charge in [0.2, 0.25) is 5.91 Å². The number of nitrogens with zero attached hydrogens (tertiary/aromatic N) is 1. The van der Waals surface area contributed by atoms with Crippen LogP contribution in [0.3, 0.4) is 0 Å². The molecule has 5 heteroatoms. The van der Waals surface area contributed by atoms with Crippen molar-refractivity contribution >= 4 is 5.91 Å². The van der Waals surface area contributed by atoms with Crippen LogP contribution in [-0.2, 0) is 11.3 Å². The first-order valence-corrected chi connectivity index (χ1v) is 7.33. The second kappa shape index (κ2) is 6.91. The molecule has 0 radical (unpaired) electrons. The largest absolute Gasteiger partial charge is 0.496 e. The van der Waals surface area contributed by atoms with Gasteiger partial charge in [-0.05, 0) is 25.8 Å². The molecule has 1 saturated heterocycles. The summed E-state index contributed by atoms with van der Waals surface area (Å²) in [5.41, 5.74) is 0.389. The van der Waals surface area contributed by atoms with Crippen LogP contribution in [0.2, 0.25) is 0 Å². The van der Waals surface area contributed by atoms with Crippen LogP contribution in [0.1, 0.15) is 25.3 Å². The molecule has 1 aliphatic rings. The minimum Gasteiger partial charge on any atom is -0.496 e. The molecule has 2 rings (SSSR count). The van der Waals surface area contributed by atoms with Gasteiger partial charge in [0.1, 0.15) is 5.75 Å². The Morgan fingerprint density at radius 3 is 2.71 bits per heavy atom. The molecule has 0 saturated carbocycles. The normalized spacial score (nSPS) is 18.2. The lowest BCUT2D eigenvalue weighted by Crippen LogP contribution is -2.46. The molecule has 1 aromatic rings. The van der Waals surface area contributed by atoms with Gasteiger partial charge in [-0.15, -0.1) is 0 Å². The van der Waals surface area contributed by atoms with Crippen molar-refractivity contribution in [3.8, 4) is 5.75 Å². The molecule has 1 aliphatic heterocycles. The van der Waals surface area contributed by atoms with E-state index >= 15 is 0 Å². The van der Waals surface area contributed by atoms with Crippen LogP contribution < -0.4 is 10.1 Å². The van der Waals surface area contributed by atoms with E-state index in [0.29, 0.717) is 25.9 Å². The van der Waals surface area contributed by atoms with Gasteiger partial charge in [-0.2, -0.15) is 0 Å². The lowest BCUT2D eigenvalue weighted by molar-refractivity contribution is -0.123. The Hall–Kier alpha value is -1.59. The average molecular weight is 292 g/mol. The highest BCUT2D eigenvalue weighted by atomic mass is 16.5. The first-order chi connectivity index (χ1) is 10.00. The van der Waals surface area contributed by atoms with Crippen LogP contribution in [0.25, 0.3) is 0 Å². The highest BCUT2D eigenvalue weighted by molar-refractivity contribution is 5.78. The zero-order valence-electron chi connectivity index (χ0n) is 12.8. The van der Waals surface area contributed by atoms with Gasteiger partial charge in [0.25, 0.3) is 0 Å². The maximum Gasteiger partial charge on any atom is 0.234 e. The second-order valence-corrected chi connectivity index (χ2v) is 5.86. The number of hydrogen-bond donors (Lipinski definition) is 2. The molecule has 5 nitrogen and oxygen atoms in total. The Morgan fingerprint density at radius 2 is 2.05 bits per heavy atom. The average Bonchev–Trinajstić information content (AvgIpc) is 2.47. The van der Waals surface area contributed by atoms with Crippen molar-refractivity contribution < 1.29 is 14.6 Å². The van der Waals surface area contributed by atoms with Gasteiger partial charge in [-0.25, -0.2) is 0 Å². The number of aliphatic hydroxyl groups is 1. The van der Waals surface area contributed by atoms with Crippen LogP contribution in [0, 0.1) is 0 Å². The molecule has 1 aromatic carbocycles. The molecular formula is C16H24N2O3. The Morgan fingerprint density at radius 1 is 1.38 bits per heavy atom. The van der Waals surface area contributed by atoms with Crippen molar-refractivity contribution in [2.45, 2.75) is 31.9 Å². The Labute approximate surface area is 125 Å². The van der Waals surface area contributed by atoms with E-state index in [9.17, 15) is 9.90 Å². The maximum absolute atomic E-state index is 12.0. The number of piperidine rings is 1. The first kappa shape index (κ1) is 15.8. The predicted molar refractivity (Wildman–Crippen MR) is 81.1 cm³/mol. The summed E-state index contributed by atoms with van der Waals surface area (Å²) in [6, 6.07) is 7.66. The molecule has 1 heterocycles. The number of nitrogens with one attached hydrogen (secondary N) is 1. The van der Waals surface area contributed by atoms with Crippen molar-refractivity contribution in [3.05, 3.63) is 29.8 Å². The summed E-state index contributed by atoms with van der Waals surface area (Å²) in [7, 11) is 1.63. The van der Waals surface area contributed by atoms with E-state index in [2.05, 4.69) is 10.2 Å². The van der Waals surface area contributed by atoms with Crippen LogP contribution in [0.5, 0.6) is 5.75 Å². The Balaban J connectivity index is 1.78. The van der Waals surface area contributed by atoms with Crippen molar-refractivity contribution in [3.63, 3.8) is 0 Å². The summed E-state index contributed by atoms with van der Waals surface area (Å²) in [6.07, 6.45) is 1.43. The van der Waals surface area contributed by atoms with Crippen molar-refractivity contribution in [2.75, 3.05) is 26.7 Å². The quantitative estimate of drug-likeness (QED) is 0.855. The molecule has 0 aliphatic carbocycles. The minimum absolute atomic E-state index is 0.00227. The van der Waals surface area contributed by atoms with E-state index in [1.807, 2.05) is 31.2 Å². The fourth-order valence-corrected chi connectivity index (χ4v) is 2.49. The van der Waals surface area contributed by atoms with Gasteiger partial charge < -0.3 is 15.2 Å². The van der Waals surface area contributed by atoms with Gasteiger partial charge in [0, 0.05) is 25.2 Å². The standard InChI is InChI=1S/C16H24N2O3/c1-16(20)7-9-18(10-8-16)12-15(19)17-11-13-5-3-4-6-14(13)21-2/h3-6,20H,7-12H2,1-2H3,(H,17,19). The van der Waals surface area contributed by atoms with Gasteiger partial charge in [0.15, 0.2) is 0 Å². The van der Waals surface area contributed by atoms with Crippen LogP contribution in [0.4, 0.5) is 0 Å². The molecule has 21 heavy (non-hydrogen) atoms. The van der Waals surface area contributed by atoms with Crippen LogP contribution in [-0.4, -0.2) is 48.3 Å². The lowest BCUT2D eigenvalue weighted by Gasteiger charge is -2.35. The monoisotopic (exact) mass is 292 g/mol. The van der Waals surface area contributed by atoms with Crippen LogP contribution in [0.15, 0.2) is 24.3 Å². The highest BCUT2D eigenvalue weighted by Gasteiger charge is 2.27. The van der Waals surface area contributed by atoms with Gasteiger partial charge in [0.05, 0.1) is 19.3 Å². The molecule has 2 N–H and O–H groups in total. The summed E-state index contributed by atoms with van der Waals surface area (Å²) in [5, 5.41) is 12.8. The van der Waals surface area contributed by atoms with E-state index in [-0.39, 0.29) is 5.91 Å². The van der Waals surface area contributed by atoms with E-state index in [4.69, 9.17) is 4.74 Å². The number of carbonyl (C=O) groups excluding carboxylic acids is 1. The number of rotatable bonds is 5. The number of methoxy groups -OCH3 is 1. The van der Waals surface area contributed by atoms with E-state index in [0.717, 1.165) is 24.4 Å². The molecular weight excluding hydrogens is 268 g/mol. The number of hydrogen-bond acceptors (Lipinski definition) is 4. The van der Waals surface area contributed by atoms with Crippen molar-refractivity contribution in [1.29, 1.82) is 0 Å². The zero-order valence-corrected chi connectivity index (χ0v) is 12.8. The van der Waals surface area contributed by atoms with Crippen molar-refractivity contribution in [2.24, 2.45) is 0 Å². The SMILES string of the molecule is COc1ccccc1CNC(=O)CN1CCC(C)(O)CC1. The topological polar surface area (TPSA) is 61.8 Å². The number of benzene rings is 1. The zero-order chi connectivity index (χ0) is 15.3. The van der Waals surface area contributed by atoms with Crippen molar-refractivity contribution in [1.82, 2.24) is 10.2 Å². The predicted octanol–water partition coefficient (Wildman–Crippen LogP) is 1.16. The molecule has 1 fully saturated rings. The third-order valence-electron chi connectivity index (χ3n) is 3.97. The fraction of sp³-hybridized carbons (Fsp3) is 0.562. The molecule has 0 unspecified atom stereocenters. The number of para-hydroxylation sites is 1. The van der Waals surface area contributed by atoms with E-state index in [1.54, 1.807) is 7.11 Å². The van der Waals surface area contributed by atoms with Crippen LogP contribution >= 0.6 is 0 Å². The Kier molecular flexibility index (Phi) is 5.20. The van der Waals surface area contributed by atoms with Gasteiger partial charge in [-0.3, -0.25) is 9.69 Å². The summed E-state index contributed by atoms with van der Waals surface area (Å²) in [6.45, 7) is 4.22. The number of carbonyl (C=O) groups is 1. The summed E-state index contributed by atoms with van der Waals surface area (Å²) < 4.78 is 5.26. The second-order valence-electron chi connectivity index (χ2n) is 5.86. The number of amides is 1. The first-order valence-electron chi connectivity index (χ1n) is 7.33. The smallest absolute Gasteiger partial charge is 0.234 e. The molecule has 0 spiro atoms.